The van der Waals surface area contributed by atoms with E-state index in [9.17, 15) is 9.59 Å². The lowest BCUT2D eigenvalue weighted by Gasteiger charge is -2.24. The summed E-state index contributed by atoms with van der Waals surface area (Å²) in [4.78, 5) is 27.3. The van der Waals surface area contributed by atoms with Gasteiger partial charge in [0.25, 0.3) is 5.91 Å². The van der Waals surface area contributed by atoms with Crippen molar-refractivity contribution in [1.82, 2.24) is 10.2 Å². The monoisotopic (exact) mass is 356 g/mol. The predicted molar refractivity (Wildman–Crippen MR) is 98.7 cm³/mol. The molecular formula is C20H21ClN2O2. The van der Waals surface area contributed by atoms with Crippen LogP contribution in [0.3, 0.4) is 0 Å². The quantitative estimate of drug-likeness (QED) is 0.893. The second kappa shape index (κ2) is 8.17. The lowest BCUT2D eigenvalue weighted by atomic mass is 10.0. The molecule has 0 saturated carbocycles. The van der Waals surface area contributed by atoms with Crippen LogP contribution >= 0.6 is 11.6 Å². The number of hydrogen-bond donors (Lipinski definition) is 1. The number of halogens is 1. The van der Waals surface area contributed by atoms with Crippen molar-refractivity contribution in [3.05, 3.63) is 70.7 Å². The molecule has 1 atom stereocenters. The average molecular weight is 357 g/mol. The van der Waals surface area contributed by atoms with Crippen LogP contribution in [-0.2, 0) is 11.2 Å². The normalized spacial score (nSPS) is 15.0. The van der Waals surface area contributed by atoms with Crippen molar-refractivity contribution in [2.24, 2.45) is 0 Å². The molecule has 0 unspecified atom stereocenters. The highest BCUT2D eigenvalue weighted by Crippen LogP contribution is 2.16. The summed E-state index contributed by atoms with van der Waals surface area (Å²) in [6, 6.07) is 16.0. The standard InChI is InChI=1S/C20H21ClN2O2/c21-17-11-5-4-10-16(17)19(24)22-18(14-15-8-2-1-3-9-15)20(25)23-12-6-7-13-23/h1-5,8-11,18H,6-7,12-14H2,(H,22,24)/t18-/m0/s1. The van der Waals surface area contributed by atoms with Gasteiger partial charge in [-0.2, -0.15) is 0 Å². The van der Waals surface area contributed by atoms with Crippen molar-refractivity contribution in [2.75, 3.05) is 13.1 Å². The molecule has 0 spiro atoms. The van der Waals surface area contributed by atoms with E-state index in [1.165, 1.54) is 0 Å². The Kier molecular flexibility index (Phi) is 5.71. The topological polar surface area (TPSA) is 49.4 Å². The highest BCUT2D eigenvalue weighted by molar-refractivity contribution is 6.33. The smallest absolute Gasteiger partial charge is 0.253 e. The maximum Gasteiger partial charge on any atom is 0.253 e. The molecule has 1 N–H and O–H groups in total. The lowest BCUT2D eigenvalue weighted by molar-refractivity contribution is -0.132. The molecule has 0 bridgehead atoms. The summed E-state index contributed by atoms with van der Waals surface area (Å²) in [7, 11) is 0. The van der Waals surface area contributed by atoms with Crippen LogP contribution in [0.15, 0.2) is 54.6 Å². The molecule has 2 amide bonds. The van der Waals surface area contributed by atoms with E-state index in [-0.39, 0.29) is 11.8 Å². The fourth-order valence-electron chi connectivity index (χ4n) is 3.09. The van der Waals surface area contributed by atoms with E-state index in [1.54, 1.807) is 24.3 Å². The average Bonchev–Trinajstić information content (AvgIpc) is 3.16. The molecule has 2 aromatic rings. The Bertz CT molecular complexity index is 742. The summed E-state index contributed by atoms with van der Waals surface area (Å²) in [5.41, 5.74) is 1.40. The fraction of sp³-hybridized carbons (Fsp3) is 0.300. The molecule has 4 nitrogen and oxygen atoms in total. The molecule has 130 valence electrons. The minimum absolute atomic E-state index is 0.0262. The van der Waals surface area contributed by atoms with Crippen molar-refractivity contribution in [2.45, 2.75) is 25.3 Å². The van der Waals surface area contributed by atoms with Gasteiger partial charge in [-0.1, -0.05) is 54.1 Å². The molecule has 25 heavy (non-hydrogen) atoms. The van der Waals surface area contributed by atoms with Crippen LogP contribution in [0.2, 0.25) is 5.02 Å². The number of nitrogens with zero attached hydrogens (tertiary/aromatic N) is 1. The molecule has 1 heterocycles. The second-order valence-electron chi connectivity index (χ2n) is 6.23. The van der Waals surface area contributed by atoms with Crippen LogP contribution in [0.4, 0.5) is 0 Å². The molecular weight excluding hydrogens is 336 g/mol. The zero-order valence-corrected chi connectivity index (χ0v) is 14.7. The van der Waals surface area contributed by atoms with Gasteiger partial charge in [0.15, 0.2) is 0 Å². The van der Waals surface area contributed by atoms with Gasteiger partial charge in [-0.15, -0.1) is 0 Å². The van der Waals surface area contributed by atoms with Crippen molar-refractivity contribution in [3.63, 3.8) is 0 Å². The zero-order valence-electron chi connectivity index (χ0n) is 14.0. The highest BCUT2D eigenvalue weighted by Gasteiger charge is 2.28. The number of rotatable bonds is 5. The van der Waals surface area contributed by atoms with E-state index in [2.05, 4.69) is 5.32 Å². The van der Waals surface area contributed by atoms with E-state index in [0.717, 1.165) is 31.5 Å². The minimum atomic E-state index is -0.593. The lowest BCUT2D eigenvalue weighted by Crippen LogP contribution is -2.49. The maximum atomic E-state index is 12.9. The van der Waals surface area contributed by atoms with Crippen LogP contribution in [0.5, 0.6) is 0 Å². The van der Waals surface area contributed by atoms with Gasteiger partial charge in [-0.3, -0.25) is 9.59 Å². The second-order valence-corrected chi connectivity index (χ2v) is 6.64. The first-order valence-corrected chi connectivity index (χ1v) is 8.91. The molecule has 5 heteroatoms. The Morgan fingerprint density at radius 2 is 1.64 bits per heavy atom. The summed E-state index contributed by atoms with van der Waals surface area (Å²) in [5, 5.41) is 3.27. The van der Waals surface area contributed by atoms with E-state index in [4.69, 9.17) is 11.6 Å². The van der Waals surface area contributed by atoms with Crippen molar-refractivity contribution < 1.29 is 9.59 Å². The van der Waals surface area contributed by atoms with Crippen LogP contribution in [0, 0.1) is 0 Å². The van der Waals surface area contributed by atoms with Crippen molar-refractivity contribution >= 4 is 23.4 Å². The largest absolute Gasteiger partial charge is 0.341 e. The van der Waals surface area contributed by atoms with E-state index in [0.29, 0.717) is 17.0 Å². The summed E-state index contributed by atoms with van der Waals surface area (Å²) < 4.78 is 0. The van der Waals surface area contributed by atoms with Gasteiger partial charge in [-0.05, 0) is 30.5 Å². The van der Waals surface area contributed by atoms with Gasteiger partial charge in [-0.25, -0.2) is 0 Å². The van der Waals surface area contributed by atoms with E-state index in [1.807, 2.05) is 35.2 Å². The fourth-order valence-corrected chi connectivity index (χ4v) is 3.31. The zero-order chi connectivity index (χ0) is 17.6. The molecule has 0 aliphatic carbocycles. The number of nitrogens with one attached hydrogen (secondary N) is 1. The Morgan fingerprint density at radius 3 is 2.32 bits per heavy atom. The van der Waals surface area contributed by atoms with Gasteiger partial charge >= 0.3 is 0 Å². The Hall–Kier alpha value is -2.33. The molecule has 1 saturated heterocycles. The van der Waals surface area contributed by atoms with Crippen molar-refractivity contribution in [1.29, 1.82) is 0 Å². The third-order valence-corrected chi connectivity index (χ3v) is 4.75. The van der Waals surface area contributed by atoms with Gasteiger partial charge in [0.05, 0.1) is 10.6 Å². The number of carbonyl (C=O) groups is 2. The summed E-state index contributed by atoms with van der Waals surface area (Å²) in [6.45, 7) is 1.51. The SMILES string of the molecule is O=C(N[C@@H](Cc1ccccc1)C(=O)N1CCCC1)c1ccccc1Cl. The number of benzene rings is 2. The molecule has 1 aliphatic heterocycles. The third-order valence-electron chi connectivity index (χ3n) is 4.42. The first-order valence-electron chi connectivity index (χ1n) is 8.53. The summed E-state index contributed by atoms with van der Waals surface area (Å²) >= 11 is 6.11. The maximum absolute atomic E-state index is 12.9. The van der Waals surface area contributed by atoms with Gasteiger partial charge in [0.1, 0.15) is 6.04 Å². The Labute approximate surface area is 152 Å². The van der Waals surface area contributed by atoms with Gasteiger partial charge < -0.3 is 10.2 Å². The summed E-state index contributed by atoms with van der Waals surface area (Å²) in [6.07, 6.45) is 2.50. The van der Waals surface area contributed by atoms with Crippen LogP contribution in [-0.4, -0.2) is 35.8 Å². The number of amides is 2. The molecule has 0 aromatic heterocycles. The number of carbonyl (C=O) groups excluding carboxylic acids is 2. The Morgan fingerprint density at radius 1 is 1.00 bits per heavy atom. The molecule has 2 aromatic carbocycles. The number of likely N-dealkylation sites (tertiary alicyclic amines) is 1. The number of hydrogen-bond acceptors (Lipinski definition) is 2. The van der Waals surface area contributed by atoms with E-state index >= 15 is 0 Å². The molecule has 3 rings (SSSR count). The van der Waals surface area contributed by atoms with Crippen LogP contribution in [0.1, 0.15) is 28.8 Å². The van der Waals surface area contributed by atoms with Crippen molar-refractivity contribution in [3.8, 4) is 0 Å². The molecule has 1 aliphatic rings. The summed E-state index contributed by atoms with van der Waals surface area (Å²) in [5.74, 6) is -0.346. The van der Waals surface area contributed by atoms with Crippen LogP contribution in [0.25, 0.3) is 0 Å². The third kappa shape index (κ3) is 4.40. The molecule has 1 fully saturated rings. The first kappa shape index (κ1) is 17.5. The predicted octanol–water partition coefficient (Wildman–Crippen LogP) is 3.30. The van der Waals surface area contributed by atoms with Crippen LogP contribution < -0.4 is 5.32 Å². The Balaban J connectivity index is 1.79. The molecule has 0 radical (unpaired) electrons. The first-order chi connectivity index (χ1) is 12.1. The highest BCUT2D eigenvalue weighted by atomic mass is 35.5. The minimum Gasteiger partial charge on any atom is -0.341 e. The van der Waals surface area contributed by atoms with Gasteiger partial charge in [0, 0.05) is 19.5 Å². The van der Waals surface area contributed by atoms with Gasteiger partial charge in [0.2, 0.25) is 5.91 Å². The van der Waals surface area contributed by atoms with E-state index < -0.39 is 6.04 Å².